The van der Waals surface area contributed by atoms with Gasteiger partial charge in [-0.05, 0) is 30.3 Å². The van der Waals surface area contributed by atoms with E-state index in [1.807, 2.05) is 0 Å². The molecule has 9 nitrogen and oxygen atoms in total. The van der Waals surface area contributed by atoms with Gasteiger partial charge in [0.15, 0.2) is 18.1 Å². The topological polar surface area (TPSA) is 102 Å². The Labute approximate surface area is 186 Å². The highest BCUT2D eigenvalue weighted by Crippen LogP contribution is 2.30. The fourth-order valence-electron chi connectivity index (χ4n) is 3.51. The van der Waals surface area contributed by atoms with Gasteiger partial charge in [-0.3, -0.25) is 4.79 Å². The molecule has 0 aliphatic carbocycles. The summed E-state index contributed by atoms with van der Waals surface area (Å²) in [6.45, 7) is 1.44. The third-order valence-electron chi connectivity index (χ3n) is 5.28. The van der Waals surface area contributed by atoms with Crippen molar-refractivity contribution in [3.63, 3.8) is 0 Å². The van der Waals surface area contributed by atoms with Crippen LogP contribution in [-0.2, 0) is 19.6 Å². The lowest BCUT2D eigenvalue weighted by molar-refractivity contribution is -0.135. The van der Waals surface area contributed by atoms with Gasteiger partial charge in [-0.2, -0.15) is 4.31 Å². The molecule has 32 heavy (non-hydrogen) atoms. The van der Waals surface area contributed by atoms with E-state index in [-0.39, 0.29) is 42.5 Å². The van der Waals surface area contributed by atoms with Gasteiger partial charge in [-0.1, -0.05) is 18.2 Å². The van der Waals surface area contributed by atoms with Crippen molar-refractivity contribution in [3.8, 4) is 11.5 Å². The first-order chi connectivity index (χ1) is 15.4. The molecule has 2 heterocycles. The first-order valence-electron chi connectivity index (χ1n) is 10.3. The number of ether oxygens (including phenoxy) is 3. The average molecular weight is 461 g/mol. The minimum absolute atomic E-state index is 0.180. The van der Waals surface area contributed by atoms with Crippen LogP contribution in [0.2, 0.25) is 0 Å². The quantitative estimate of drug-likeness (QED) is 0.624. The molecule has 10 heteroatoms. The van der Waals surface area contributed by atoms with Gasteiger partial charge < -0.3 is 19.1 Å². The highest BCUT2D eigenvalue weighted by Gasteiger charge is 2.30. The second kappa shape index (κ2) is 9.58. The van der Waals surface area contributed by atoms with Crippen LogP contribution in [0.1, 0.15) is 16.8 Å². The molecule has 0 saturated carbocycles. The summed E-state index contributed by atoms with van der Waals surface area (Å²) >= 11 is 0. The van der Waals surface area contributed by atoms with Crippen molar-refractivity contribution in [1.29, 1.82) is 0 Å². The number of esters is 1. The monoisotopic (exact) mass is 460 g/mol. The molecule has 2 aliphatic heterocycles. The van der Waals surface area contributed by atoms with E-state index in [2.05, 4.69) is 0 Å². The van der Waals surface area contributed by atoms with Crippen molar-refractivity contribution in [3.05, 3.63) is 54.1 Å². The van der Waals surface area contributed by atoms with E-state index in [9.17, 15) is 18.0 Å². The van der Waals surface area contributed by atoms with Gasteiger partial charge in [-0.25, -0.2) is 13.2 Å². The number of carbonyl (C=O) groups is 2. The maximum Gasteiger partial charge on any atom is 0.338 e. The Kier molecular flexibility index (Phi) is 6.61. The van der Waals surface area contributed by atoms with Gasteiger partial charge in [0.1, 0.15) is 0 Å². The van der Waals surface area contributed by atoms with E-state index in [0.29, 0.717) is 24.7 Å². The van der Waals surface area contributed by atoms with Crippen LogP contribution in [0.25, 0.3) is 0 Å². The minimum Gasteiger partial charge on any atom is -0.490 e. The second-order valence-electron chi connectivity index (χ2n) is 7.39. The summed E-state index contributed by atoms with van der Waals surface area (Å²) in [4.78, 5) is 26.6. The molecule has 1 saturated heterocycles. The van der Waals surface area contributed by atoms with Crippen LogP contribution in [0.3, 0.4) is 0 Å². The third-order valence-corrected chi connectivity index (χ3v) is 7.20. The summed E-state index contributed by atoms with van der Waals surface area (Å²) < 4.78 is 43.0. The number of hydrogen-bond donors (Lipinski definition) is 0. The van der Waals surface area contributed by atoms with Gasteiger partial charge in [0.05, 0.1) is 23.7 Å². The Morgan fingerprint density at radius 1 is 0.906 bits per heavy atom. The lowest BCUT2D eigenvalue weighted by Gasteiger charge is -2.33. The first-order valence-corrected chi connectivity index (χ1v) is 11.8. The molecule has 0 atom stereocenters. The predicted octanol–water partition coefficient (Wildman–Crippen LogP) is 1.54. The Balaban J connectivity index is 1.29. The molecule has 1 amide bonds. The normalized spacial score (nSPS) is 16.8. The molecule has 0 unspecified atom stereocenters. The molecule has 2 aromatic carbocycles. The fourth-order valence-corrected chi connectivity index (χ4v) is 4.95. The number of benzene rings is 2. The Hall–Kier alpha value is -3.11. The van der Waals surface area contributed by atoms with Crippen molar-refractivity contribution in [2.45, 2.75) is 11.3 Å². The van der Waals surface area contributed by atoms with Crippen molar-refractivity contribution in [1.82, 2.24) is 9.21 Å². The third kappa shape index (κ3) is 4.86. The molecular formula is C22H24N2O7S. The number of carbonyl (C=O) groups excluding carboxylic acids is 2. The number of piperazine rings is 1. The maximum atomic E-state index is 12.7. The Morgan fingerprint density at radius 3 is 2.31 bits per heavy atom. The number of fused-ring (bicyclic) bond motifs is 1. The van der Waals surface area contributed by atoms with Crippen molar-refractivity contribution in [2.75, 3.05) is 46.0 Å². The number of hydrogen-bond acceptors (Lipinski definition) is 7. The van der Waals surface area contributed by atoms with Gasteiger partial charge >= 0.3 is 5.97 Å². The number of sulfonamides is 1. The molecule has 170 valence electrons. The fraction of sp³-hybridized carbons (Fsp3) is 0.364. The summed E-state index contributed by atoms with van der Waals surface area (Å²) in [6.07, 6.45) is 0.753. The van der Waals surface area contributed by atoms with E-state index in [1.165, 1.54) is 9.21 Å². The van der Waals surface area contributed by atoms with Gasteiger partial charge in [0, 0.05) is 32.6 Å². The van der Waals surface area contributed by atoms with E-state index in [1.54, 1.807) is 48.5 Å². The summed E-state index contributed by atoms with van der Waals surface area (Å²) in [5, 5.41) is 0. The van der Waals surface area contributed by atoms with Crippen molar-refractivity contribution < 1.29 is 32.2 Å². The van der Waals surface area contributed by atoms with Crippen LogP contribution >= 0.6 is 0 Å². The summed E-state index contributed by atoms with van der Waals surface area (Å²) in [6, 6.07) is 12.9. The van der Waals surface area contributed by atoms with Crippen LogP contribution in [-0.4, -0.2) is 75.5 Å². The molecule has 0 N–H and O–H groups in total. The second-order valence-corrected chi connectivity index (χ2v) is 9.32. The largest absolute Gasteiger partial charge is 0.490 e. The molecule has 1 fully saturated rings. The molecule has 4 rings (SSSR count). The Bertz CT molecular complexity index is 1080. The highest BCUT2D eigenvalue weighted by atomic mass is 32.2. The van der Waals surface area contributed by atoms with Crippen LogP contribution in [0, 0.1) is 0 Å². The minimum atomic E-state index is -3.60. The van der Waals surface area contributed by atoms with E-state index < -0.39 is 22.6 Å². The average Bonchev–Trinajstić information content (AvgIpc) is 3.08. The van der Waals surface area contributed by atoms with Crippen LogP contribution in [0.5, 0.6) is 11.5 Å². The zero-order valence-electron chi connectivity index (χ0n) is 17.4. The summed E-state index contributed by atoms with van der Waals surface area (Å²) in [7, 11) is -3.60. The Morgan fingerprint density at radius 2 is 1.59 bits per heavy atom. The molecule has 2 aliphatic rings. The van der Waals surface area contributed by atoms with E-state index in [0.717, 1.165) is 6.42 Å². The highest BCUT2D eigenvalue weighted by molar-refractivity contribution is 7.89. The molecule has 0 aromatic heterocycles. The molecule has 0 radical (unpaired) electrons. The summed E-state index contributed by atoms with van der Waals surface area (Å²) in [5.41, 5.74) is 0.265. The molecule has 2 aromatic rings. The standard InChI is InChI=1S/C22H24N2O7S/c25-21(16-31-22(26)17-7-8-19-20(15-17)30-14-4-13-29-19)23-9-11-24(12-10-23)32(27,28)18-5-2-1-3-6-18/h1-3,5-8,15H,4,9-14,16H2. The van der Waals surface area contributed by atoms with Crippen LogP contribution in [0.15, 0.2) is 53.4 Å². The van der Waals surface area contributed by atoms with E-state index >= 15 is 0 Å². The number of amides is 1. The molecule has 0 spiro atoms. The van der Waals surface area contributed by atoms with Crippen molar-refractivity contribution >= 4 is 21.9 Å². The van der Waals surface area contributed by atoms with E-state index in [4.69, 9.17) is 14.2 Å². The molecule has 0 bridgehead atoms. The number of rotatable bonds is 5. The number of nitrogens with zero attached hydrogens (tertiary/aromatic N) is 2. The van der Waals surface area contributed by atoms with Crippen LogP contribution in [0.4, 0.5) is 0 Å². The van der Waals surface area contributed by atoms with Crippen molar-refractivity contribution in [2.24, 2.45) is 0 Å². The SMILES string of the molecule is O=C(OCC(=O)N1CCN(S(=O)(=O)c2ccccc2)CC1)c1ccc2c(c1)OCCCO2. The van der Waals surface area contributed by atoms with Crippen LogP contribution < -0.4 is 9.47 Å². The smallest absolute Gasteiger partial charge is 0.338 e. The lowest BCUT2D eigenvalue weighted by Crippen LogP contribution is -2.51. The van der Waals surface area contributed by atoms with Gasteiger partial charge in [-0.15, -0.1) is 0 Å². The lowest BCUT2D eigenvalue weighted by atomic mass is 10.2. The van der Waals surface area contributed by atoms with Gasteiger partial charge in [0.2, 0.25) is 10.0 Å². The zero-order valence-corrected chi connectivity index (χ0v) is 18.3. The predicted molar refractivity (Wildman–Crippen MR) is 114 cm³/mol. The summed E-state index contributed by atoms with van der Waals surface area (Å²) in [5.74, 6) is 0.0289. The molecular weight excluding hydrogens is 436 g/mol. The first kappa shape index (κ1) is 22.1. The van der Waals surface area contributed by atoms with Gasteiger partial charge in [0.25, 0.3) is 5.91 Å². The zero-order chi connectivity index (χ0) is 22.6. The maximum absolute atomic E-state index is 12.7.